The SMILES string of the molecule is Cc1ccc(OCc2cnc(Br)o2)cc1. The number of aromatic nitrogens is 1. The highest BCUT2D eigenvalue weighted by atomic mass is 79.9. The Labute approximate surface area is 96.2 Å². The third kappa shape index (κ3) is 2.83. The summed E-state index contributed by atoms with van der Waals surface area (Å²) in [5.74, 6) is 1.52. The summed E-state index contributed by atoms with van der Waals surface area (Å²) >= 11 is 3.13. The van der Waals surface area contributed by atoms with Crippen LogP contribution in [-0.2, 0) is 6.61 Å². The van der Waals surface area contributed by atoms with Gasteiger partial charge in [0.25, 0.3) is 4.80 Å². The maximum absolute atomic E-state index is 5.51. The number of halogens is 1. The van der Waals surface area contributed by atoms with E-state index < -0.39 is 0 Å². The van der Waals surface area contributed by atoms with Gasteiger partial charge in [-0.25, -0.2) is 4.98 Å². The Morgan fingerprint density at radius 1 is 1.33 bits per heavy atom. The van der Waals surface area contributed by atoms with E-state index in [1.54, 1.807) is 6.20 Å². The Morgan fingerprint density at radius 3 is 2.67 bits per heavy atom. The van der Waals surface area contributed by atoms with Crippen molar-refractivity contribution in [3.8, 4) is 5.75 Å². The van der Waals surface area contributed by atoms with Crippen LogP contribution in [0.25, 0.3) is 0 Å². The minimum atomic E-state index is 0.391. The Morgan fingerprint density at radius 2 is 2.07 bits per heavy atom. The van der Waals surface area contributed by atoms with Crippen LogP contribution in [-0.4, -0.2) is 4.98 Å². The van der Waals surface area contributed by atoms with E-state index in [0.29, 0.717) is 17.2 Å². The molecule has 0 bridgehead atoms. The third-order valence-corrected chi connectivity index (χ3v) is 2.29. The first kappa shape index (κ1) is 10.2. The number of hydrogen-bond acceptors (Lipinski definition) is 3. The molecule has 3 nitrogen and oxygen atoms in total. The summed E-state index contributed by atoms with van der Waals surface area (Å²) in [6.07, 6.45) is 1.64. The number of oxazole rings is 1. The van der Waals surface area contributed by atoms with E-state index in [1.807, 2.05) is 31.2 Å². The Hall–Kier alpha value is -1.29. The number of ether oxygens (including phenoxy) is 1. The normalized spacial score (nSPS) is 10.3. The highest BCUT2D eigenvalue weighted by Gasteiger charge is 2.01. The van der Waals surface area contributed by atoms with Gasteiger partial charge in [-0.15, -0.1) is 0 Å². The van der Waals surface area contributed by atoms with Gasteiger partial charge >= 0.3 is 0 Å². The molecule has 0 saturated heterocycles. The predicted molar refractivity (Wildman–Crippen MR) is 59.7 cm³/mol. The van der Waals surface area contributed by atoms with E-state index in [0.717, 1.165) is 5.75 Å². The van der Waals surface area contributed by atoms with Gasteiger partial charge in [0.1, 0.15) is 12.4 Å². The van der Waals surface area contributed by atoms with Crippen molar-refractivity contribution in [3.63, 3.8) is 0 Å². The zero-order valence-corrected chi connectivity index (χ0v) is 9.82. The lowest BCUT2D eigenvalue weighted by Crippen LogP contribution is -1.93. The second-order valence-corrected chi connectivity index (χ2v) is 3.86. The molecule has 0 aliphatic heterocycles. The van der Waals surface area contributed by atoms with Crippen molar-refractivity contribution in [2.24, 2.45) is 0 Å². The molecule has 0 amide bonds. The van der Waals surface area contributed by atoms with Gasteiger partial charge in [0, 0.05) is 15.9 Å². The van der Waals surface area contributed by atoms with Crippen LogP contribution < -0.4 is 4.74 Å². The van der Waals surface area contributed by atoms with Crippen molar-refractivity contribution in [2.45, 2.75) is 13.5 Å². The van der Waals surface area contributed by atoms with Crippen molar-refractivity contribution in [3.05, 3.63) is 46.6 Å². The first-order valence-corrected chi connectivity index (χ1v) is 5.33. The lowest BCUT2D eigenvalue weighted by molar-refractivity contribution is 0.267. The molecule has 0 saturated carbocycles. The van der Waals surface area contributed by atoms with Crippen LogP contribution in [0.4, 0.5) is 0 Å². The second kappa shape index (κ2) is 4.49. The molecule has 0 N–H and O–H groups in total. The summed E-state index contributed by atoms with van der Waals surface area (Å²) in [6, 6.07) is 7.87. The maximum atomic E-state index is 5.51. The fraction of sp³-hybridized carbons (Fsp3) is 0.182. The molecule has 0 spiro atoms. The van der Waals surface area contributed by atoms with Gasteiger partial charge in [0.2, 0.25) is 0 Å². The quantitative estimate of drug-likeness (QED) is 0.856. The molecule has 2 rings (SSSR count). The van der Waals surface area contributed by atoms with Crippen LogP contribution >= 0.6 is 15.9 Å². The number of benzene rings is 1. The van der Waals surface area contributed by atoms with E-state index in [-0.39, 0.29) is 0 Å². The summed E-state index contributed by atoms with van der Waals surface area (Å²) in [4.78, 5) is 4.39. The van der Waals surface area contributed by atoms with Crippen LogP contribution in [0.2, 0.25) is 0 Å². The molecular weight excluding hydrogens is 258 g/mol. The van der Waals surface area contributed by atoms with E-state index >= 15 is 0 Å². The van der Waals surface area contributed by atoms with Crippen molar-refractivity contribution in [1.82, 2.24) is 4.98 Å². The fourth-order valence-electron chi connectivity index (χ4n) is 1.14. The first-order valence-electron chi connectivity index (χ1n) is 4.54. The number of rotatable bonds is 3. The second-order valence-electron chi connectivity index (χ2n) is 3.18. The lowest BCUT2D eigenvalue weighted by Gasteiger charge is -2.03. The highest BCUT2D eigenvalue weighted by molar-refractivity contribution is 9.10. The number of nitrogens with zero attached hydrogens (tertiary/aromatic N) is 1. The Balaban J connectivity index is 1.96. The van der Waals surface area contributed by atoms with Crippen LogP contribution in [0.15, 0.2) is 39.7 Å². The lowest BCUT2D eigenvalue weighted by atomic mass is 10.2. The minimum Gasteiger partial charge on any atom is -0.486 e. The molecule has 4 heteroatoms. The molecule has 0 aliphatic carbocycles. The first-order chi connectivity index (χ1) is 7.24. The van der Waals surface area contributed by atoms with Gasteiger partial charge in [-0.3, -0.25) is 0 Å². The molecule has 0 atom stereocenters. The smallest absolute Gasteiger partial charge is 0.264 e. The van der Waals surface area contributed by atoms with Crippen LogP contribution in [0.1, 0.15) is 11.3 Å². The van der Waals surface area contributed by atoms with Crippen molar-refractivity contribution < 1.29 is 9.15 Å². The maximum Gasteiger partial charge on any atom is 0.264 e. The van der Waals surface area contributed by atoms with Gasteiger partial charge in [0.15, 0.2) is 5.76 Å². The topological polar surface area (TPSA) is 35.3 Å². The van der Waals surface area contributed by atoms with Gasteiger partial charge in [-0.1, -0.05) is 17.7 Å². The largest absolute Gasteiger partial charge is 0.486 e. The summed E-state index contributed by atoms with van der Waals surface area (Å²) in [5, 5.41) is 0. The molecule has 78 valence electrons. The molecule has 0 aliphatic rings. The molecule has 0 fully saturated rings. The van der Waals surface area contributed by atoms with E-state index in [1.165, 1.54) is 5.56 Å². The zero-order valence-electron chi connectivity index (χ0n) is 8.24. The average molecular weight is 268 g/mol. The van der Waals surface area contributed by atoms with Gasteiger partial charge < -0.3 is 9.15 Å². The van der Waals surface area contributed by atoms with Crippen molar-refractivity contribution in [2.75, 3.05) is 0 Å². The standard InChI is InChI=1S/C11H10BrNO2/c1-8-2-4-9(5-3-8)14-7-10-6-13-11(12)15-10/h2-6H,7H2,1H3. The summed E-state index contributed by atoms with van der Waals surface area (Å²) in [6.45, 7) is 2.43. The Kier molecular flexibility index (Phi) is 3.06. The minimum absolute atomic E-state index is 0.391. The number of hydrogen-bond donors (Lipinski definition) is 0. The van der Waals surface area contributed by atoms with Gasteiger partial charge in [0.05, 0.1) is 6.20 Å². The molecule has 1 aromatic heterocycles. The van der Waals surface area contributed by atoms with Gasteiger partial charge in [-0.05, 0) is 19.1 Å². The van der Waals surface area contributed by atoms with E-state index in [4.69, 9.17) is 9.15 Å². The molecule has 1 aromatic carbocycles. The van der Waals surface area contributed by atoms with Crippen LogP contribution in [0.3, 0.4) is 0 Å². The Bertz CT molecular complexity index is 436. The molecule has 15 heavy (non-hydrogen) atoms. The fourth-order valence-corrected chi connectivity index (χ4v) is 1.45. The molecule has 0 unspecified atom stereocenters. The van der Waals surface area contributed by atoms with E-state index in [2.05, 4.69) is 20.9 Å². The molecular formula is C11H10BrNO2. The average Bonchev–Trinajstić information content (AvgIpc) is 2.64. The molecule has 1 heterocycles. The van der Waals surface area contributed by atoms with Crippen molar-refractivity contribution >= 4 is 15.9 Å². The third-order valence-electron chi connectivity index (χ3n) is 1.93. The van der Waals surface area contributed by atoms with Crippen LogP contribution in [0, 0.1) is 6.92 Å². The summed E-state index contributed by atoms with van der Waals surface area (Å²) < 4.78 is 10.7. The molecule has 2 aromatic rings. The predicted octanol–water partition coefficient (Wildman–Crippen LogP) is 3.32. The summed E-state index contributed by atoms with van der Waals surface area (Å²) in [7, 11) is 0. The van der Waals surface area contributed by atoms with Crippen LogP contribution in [0.5, 0.6) is 5.75 Å². The van der Waals surface area contributed by atoms with Gasteiger partial charge in [-0.2, -0.15) is 0 Å². The highest BCUT2D eigenvalue weighted by Crippen LogP contribution is 2.15. The van der Waals surface area contributed by atoms with E-state index in [9.17, 15) is 0 Å². The zero-order chi connectivity index (χ0) is 10.7. The molecule has 0 radical (unpaired) electrons. The van der Waals surface area contributed by atoms with Crippen molar-refractivity contribution in [1.29, 1.82) is 0 Å². The number of aryl methyl sites for hydroxylation is 1. The monoisotopic (exact) mass is 267 g/mol. The summed E-state index contributed by atoms with van der Waals surface area (Å²) in [5.41, 5.74) is 1.21.